The Bertz CT molecular complexity index is 283. The van der Waals surface area contributed by atoms with Gasteiger partial charge in [0.2, 0.25) is 5.91 Å². The van der Waals surface area contributed by atoms with Gasteiger partial charge >= 0.3 is 0 Å². The SMILES string of the molecule is COC1(CNC(=O)C2(N)CCOC2)CCOC1. The first-order valence-electron chi connectivity index (χ1n) is 5.88. The lowest BCUT2D eigenvalue weighted by Gasteiger charge is -2.28. The summed E-state index contributed by atoms with van der Waals surface area (Å²) >= 11 is 0. The zero-order chi connectivity index (χ0) is 12.4. The smallest absolute Gasteiger partial charge is 0.242 e. The Morgan fingerprint density at radius 1 is 1.35 bits per heavy atom. The third-order valence-corrected chi connectivity index (χ3v) is 3.58. The molecule has 98 valence electrons. The van der Waals surface area contributed by atoms with Crippen molar-refractivity contribution in [2.45, 2.75) is 24.0 Å². The lowest BCUT2D eigenvalue weighted by atomic mass is 9.97. The van der Waals surface area contributed by atoms with Gasteiger partial charge in [-0.1, -0.05) is 0 Å². The third kappa shape index (κ3) is 2.60. The molecule has 0 saturated carbocycles. The van der Waals surface area contributed by atoms with Crippen molar-refractivity contribution in [2.24, 2.45) is 5.73 Å². The van der Waals surface area contributed by atoms with Gasteiger partial charge in [0.25, 0.3) is 0 Å². The van der Waals surface area contributed by atoms with Crippen molar-refractivity contribution in [1.82, 2.24) is 5.32 Å². The minimum absolute atomic E-state index is 0.168. The van der Waals surface area contributed by atoms with Crippen molar-refractivity contribution in [3.05, 3.63) is 0 Å². The van der Waals surface area contributed by atoms with Crippen LogP contribution in [-0.4, -0.2) is 57.1 Å². The summed E-state index contributed by atoms with van der Waals surface area (Å²) < 4.78 is 15.9. The van der Waals surface area contributed by atoms with E-state index in [1.54, 1.807) is 7.11 Å². The normalized spacial score (nSPS) is 37.3. The molecule has 0 aromatic carbocycles. The lowest BCUT2D eigenvalue weighted by molar-refractivity contribution is -0.128. The molecule has 0 radical (unpaired) electrons. The van der Waals surface area contributed by atoms with Gasteiger partial charge in [0.15, 0.2) is 0 Å². The second-order valence-electron chi connectivity index (χ2n) is 4.83. The summed E-state index contributed by atoms with van der Waals surface area (Å²) in [6, 6.07) is 0. The average Bonchev–Trinajstić information content (AvgIpc) is 2.96. The van der Waals surface area contributed by atoms with Gasteiger partial charge in [-0.25, -0.2) is 0 Å². The van der Waals surface area contributed by atoms with Crippen LogP contribution in [-0.2, 0) is 19.0 Å². The highest BCUT2D eigenvalue weighted by atomic mass is 16.5. The molecule has 0 bridgehead atoms. The first kappa shape index (κ1) is 12.8. The number of methoxy groups -OCH3 is 1. The molecule has 6 nitrogen and oxygen atoms in total. The number of nitrogens with two attached hydrogens (primary N) is 1. The van der Waals surface area contributed by atoms with Gasteiger partial charge in [0, 0.05) is 33.3 Å². The van der Waals surface area contributed by atoms with Crippen LogP contribution in [0, 0.1) is 0 Å². The first-order chi connectivity index (χ1) is 8.10. The van der Waals surface area contributed by atoms with Gasteiger partial charge in [-0.05, 0) is 6.42 Å². The topological polar surface area (TPSA) is 82.8 Å². The molecule has 1 amide bonds. The van der Waals surface area contributed by atoms with Gasteiger partial charge < -0.3 is 25.3 Å². The Balaban J connectivity index is 1.87. The number of hydrogen-bond acceptors (Lipinski definition) is 5. The molecule has 2 aliphatic rings. The number of hydrogen-bond donors (Lipinski definition) is 2. The predicted octanol–water partition coefficient (Wildman–Crippen LogP) is -0.974. The van der Waals surface area contributed by atoms with Gasteiger partial charge in [0.1, 0.15) is 11.1 Å². The fourth-order valence-electron chi connectivity index (χ4n) is 2.14. The molecule has 0 spiro atoms. The standard InChI is InChI=1S/C11H20N2O4/c1-15-10(2-4-16-7-10)6-13-9(14)11(12)3-5-17-8-11/h2-8,12H2,1H3,(H,13,14). The minimum Gasteiger partial charge on any atom is -0.379 e. The predicted molar refractivity (Wildman–Crippen MR) is 60.5 cm³/mol. The van der Waals surface area contributed by atoms with Crippen molar-refractivity contribution < 1.29 is 19.0 Å². The maximum atomic E-state index is 12.0. The van der Waals surface area contributed by atoms with E-state index in [4.69, 9.17) is 19.9 Å². The molecule has 2 fully saturated rings. The number of ether oxygens (including phenoxy) is 3. The number of carbonyl (C=O) groups is 1. The van der Waals surface area contributed by atoms with Crippen LogP contribution < -0.4 is 11.1 Å². The zero-order valence-electron chi connectivity index (χ0n) is 10.2. The maximum Gasteiger partial charge on any atom is 0.242 e. The molecule has 0 aromatic rings. The summed E-state index contributed by atoms with van der Waals surface area (Å²) in [7, 11) is 1.64. The van der Waals surface area contributed by atoms with Gasteiger partial charge in [-0.15, -0.1) is 0 Å². The summed E-state index contributed by atoms with van der Waals surface area (Å²) in [5.41, 5.74) is 4.68. The minimum atomic E-state index is -0.881. The monoisotopic (exact) mass is 244 g/mol. The first-order valence-corrected chi connectivity index (χ1v) is 5.88. The Kier molecular flexibility index (Phi) is 3.67. The van der Waals surface area contributed by atoms with Crippen LogP contribution in [0.3, 0.4) is 0 Å². The molecular formula is C11H20N2O4. The van der Waals surface area contributed by atoms with Gasteiger partial charge in [-0.3, -0.25) is 4.79 Å². The van der Waals surface area contributed by atoms with E-state index >= 15 is 0 Å². The molecule has 3 N–H and O–H groups in total. The molecule has 2 aliphatic heterocycles. The Morgan fingerprint density at radius 3 is 2.59 bits per heavy atom. The van der Waals surface area contributed by atoms with E-state index in [0.29, 0.717) is 32.8 Å². The summed E-state index contributed by atoms with van der Waals surface area (Å²) in [6.07, 6.45) is 1.35. The van der Waals surface area contributed by atoms with Crippen molar-refractivity contribution in [1.29, 1.82) is 0 Å². The number of rotatable bonds is 4. The van der Waals surface area contributed by atoms with E-state index in [2.05, 4.69) is 5.32 Å². The second kappa shape index (κ2) is 4.89. The molecule has 6 heteroatoms. The molecule has 2 rings (SSSR count). The summed E-state index contributed by atoms with van der Waals surface area (Å²) in [5, 5.41) is 2.85. The lowest BCUT2D eigenvalue weighted by Crippen LogP contribution is -2.57. The molecule has 2 heterocycles. The largest absolute Gasteiger partial charge is 0.379 e. The Hall–Kier alpha value is -0.690. The van der Waals surface area contributed by atoms with E-state index in [0.717, 1.165) is 6.42 Å². The van der Waals surface area contributed by atoms with Crippen molar-refractivity contribution >= 4 is 5.91 Å². The molecule has 17 heavy (non-hydrogen) atoms. The highest BCUT2D eigenvalue weighted by Gasteiger charge is 2.41. The van der Waals surface area contributed by atoms with Crippen molar-refractivity contribution in [2.75, 3.05) is 40.1 Å². The molecule has 2 unspecified atom stereocenters. The van der Waals surface area contributed by atoms with E-state index < -0.39 is 11.1 Å². The van der Waals surface area contributed by atoms with Crippen molar-refractivity contribution in [3.8, 4) is 0 Å². The van der Waals surface area contributed by atoms with Crippen LogP contribution in [0.2, 0.25) is 0 Å². The van der Waals surface area contributed by atoms with Crippen LogP contribution in [0.25, 0.3) is 0 Å². The molecule has 2 saturated heterocycles. The zero-order valence-corrected chi connectivity index (χ0v) is 10.2. The van der Waals surface area contributed by atoms with E-state index in [1.807, 2.05) is 0 Å². The Labute approximate surface area is 101 Å². The molecule has 0 aromatic heterocycles. The maximum absolute atomic E-state index is 12.0. The van der Waals surface area contributed by atoms with Gasteiger partial charge in [0.05, 0.1) is 13.2 Å². The van der Waals surface area contributed by atoms with Crippen molar-refractivity contribution in [3.63, 3.8) is 0 Å². The summed E-state index contributed by atoms with van der Waals surface area (Å²) in [5.74, 6) is -0.168. The molecular weight excluding hydrogens is 224 g/mol. The molecule has 0 aliphatic carbocycles. The third-order valence-electron chi connectivity index (χ3n) is 3.58. The average molecular weight is 244 g/mol. The van der Waals surface area contributed by atoms with Gasteiger partial charge in [-0.2, -0.15) is 0 Å². The van der Waals surface area contributed by atoms with Crippen LogP contribution >= 0.6 is 0 Å². The fourth-order valence-corrected chi connectivity index (χ4v) is 2.14. The summed E-state index contributed by atoms with van der Waals surface area (Å²) in [4.78, 5) is 12.0. The van der Waals surface area contributed by atoms with E-state index in [9.17, 15) is 4.79 Å². The molecule has 2 atom stereocenters. The van der Waals surface area contributed by atoms with Crippen LogP contribution in [0.5, 0.6) is 0 Å². The number of amides is 1. The van der Waals surface area contributed by atoms with Crippen LogP contribution in [0.1, 0.15) is 12.8 Å². The Morgan fingerprint density at radius 2 is 2.06 bits per heavy atom. The quantitative estimate of drug-likeness (QED) is 0.664. The second-order valence-corrected chi connectivity index (χ2v) is 4.83. The van der Waals surface area contributed by atoms with E-state index in [-0.39, 0.29) is 12.5 Å². The van der Waals surface area contributed by atoms with E-state index in [1.165, 1.54) is 0 Å². The fraction of sp³-hybridized carbons (Fsp3) is 0.909. The highest BCUT2D eigenvalue weighted by molar-refractivity contribution is 5.86. The summed E-state index contributed by atoms with van der Waals surface area (Å²) in [6.45, 7) is 2.44. The van der Waals surface area contributed by atoms with Crippen LogP contribution in [0.15, 0.2) is 0 Å². The highest BCUT2D eigenvalue weighted by Crippen LogP contribution is 2.22. The number of carbonyl (C=O) groups excluding carboxylic acids is 1. The van der Waals surface area contributed by atoms with Crippen LogP contribution in [0.4, 0.5) is 0 Å². The number of nitrogens with one attached hydrogen (secondary N) is 1.